The Balaban J connectivity index is 2.57. The van der Waals surface area contributed by atoms with Crippen molar-refractivity contribution in [1.29, 1.82) is 5.26 Å². The van der Waals surface area contributed by atoms with E-state index in [1.165, 1.54) is 18.2 Å². The number of carbonyl (C=O) groups is 3. The number of hydrogen-bond donors (Lipinski definition) is 3. The molecule has 38 heavy (non-hydrogen) atoms. The maximum atomic E-state index is 14.0. The highest BCUT2D eigenvalue weighted by atomic mass is 35.5. The lowest BCUT2D eigenvalue weighted by molar-refractivity contribution is -0.141. The van der Waals surface area contributed by atoms with E-state index in [-0.39, 0.29) is 17.2 Å². The zero-order chi connectivity index (χ0) is 28.6. The fourth-order valence-corrected chi connectivity index (χ4v) is 4.09. The Labute approximate surface area is 228 Å². The van der Waals surface area contributed by atoms with E-state index in [0.717, 1.165) is 4.90 Å². The highest BCUT2D eigenvalue weighted by Crippen LogP contribution is 2.31. The summed E-state index contributed by atoms with van der Waals surface area (Å²) < 4.78 is 5.35. The summed E-state index contributed by atoms with van der Waals surface area (Å²) in [7, 11) is 0. The van der Waals surface area contributed by atoms with Gasteiger partial charge in [-0.1, -0.05) is 56.1 Å². The molecule has 204 valence electrons. The fourth-order valence-electron chi connectivity index (χ4n) is 3.82. The number of ether oxygens (including phenoxy) is 1. The van der Waals surface area contributed by atoms with Gasteiger partial charge in [-0.25, -0.2) is 4.79 Å². The van der Waals surface area contributed by atoms with E-state index in [9.17, 15) is 24.8 Å². The van der Waals surface area contributed by atoms with E-state index in [0.29, 0.717) is 22.7 Å². The van der Waals surface area contributed by atoms with Gasteiger partial charge in [0.05, 0.1) is 16.8 Å². The number of halogens is 1. The molecule has 9 nitrogen and oxygen atoms in total. The summed E-state index contributed by atoms with van der Waals surface area (Å²) in [4.78, 5) is 41.4. The normalized spacial score (nSPS) is 13.4. The van der Waals surface area contributed by atoms with Gasteiger partial charge in [0.2, 0.25) is 5.91 Å². The zero-order valence-corrected chi connectivity index (χ0v) is 23.3. The van der Waals surface area contributed by atoms with Gasteiger partial charge in [0, 0.05) is 0 Å². The summed E-state index contributed by atoms with van der Waals surface area (Å²) in [6.45, 7) is 10.1. The van der Waals surface area contributed by atoms with E-state index >= 15 is 0 Å². The predicted molar refractivity (Wildman–Crippen MR) is 146 cm³/mol. The van der Waals surface area contributed by atoms with Crippen molar-refractivity contribution in [2.45, 2.75) is 65.6 Å². The molecule has 3 N–H and O–H groups in total. The number of phenols is 1. The number of phenolic OH excluding ortho intramolecular Hbond substituents is 1. The minimum atomic E-state index is -1.32. The van der Waals surface area contributed by atoms with Crippen molar-refractivity contribution >= 4 is 35.2 Å². The predicted octanol–water partition coefficient (Wildman–Crippen LogP) is 5.33. The summed E-state index contributed by atoms with van der Waals surface area (Å²) in [6, 6.07) is 10.6. The molecule has 0 aliphatic carbocycles. The molecule has 0 aliphatic heterocycles. The Morgan fingerprint density at radius 2 is 1.84 bits per heavy atom. The molecule has 0 aliphatic rings. The van der Waals surface area contributed by atoms with Crippen LogP contribution in [0, 0.1) is 24.2 Å². The molecule has 2 rings (SSSR count). The molecular weight excluding hydrogens is 508 g/mol. The summed E-state index contributed by atoms with van der Waals surface area (Å²) >= 11 is 6.32. The van der Waals surface area contributed by atoms with E-state index in [4.69, 9.17) is 16.3 Å². The molecule has 0 heterocycles. The number of alkyl carbamates (subject to hydrolysis) is 1. The molecule has 2 aromatic carbocycles. The molecule has 0 bridgehead atoms. The summed E-state index contributed by atoms with van der Waals surface area (Å²) in [5, 5.41) is 25.5. The van der Waals surface area contributed by atoms with Crippen molar-refractivity contribution in [3.8, 4) is 11.8 Å². The second-order valence-corrected chi connectivity index (χ2v) is 10.5. The van der Waals surface area contributed by atoms with Crippen LogP contribution in [0.3, 0.4) is 0 Å². The SMILES string of the molecule is CCC(C)C(NC(=O)OC(C)(C)C)C(=O)N(CC#N)C(C(=O)Nc1c(C)cccc1Cl)c1cccc(O)c1. The van der Waals surface area contributed by atoms with Crippen LogP contribution in [0.2, 0.25) is 5.02 Å². The lowest BCUT2D eigenvalue weighted by atomic mass is 9.95. The third-order valence-electron chi connectivity index (χ3n) is 5.89. The van der Waals surface area contributed by atoms with Gasteiger partial charge in [-0.05, 0) is 62.9 Å². The molecule has 2 aromatic rings. The smallest absolute Gasteiger partial charge is 0.408 e. The number of para-hydroxylation sites is 1. The number of amides is 3. The van der Waals surface area contributed by atoms with Gasteiger partial charge in [0.1, 0.15) is 30.0 Å². The Bertz CT molecular complexity index is 1180. The number of aromatic hydroxyl groups is 1. The first-order chi connectivity index (χ1) is 17.8. The van der Waals surface area contributed by atoms with Gasteiger partial charge >= 0.3 is 6.09 Å². The van der Waals surface area contributed by atoms with Crippen LogP contribution in [-0.2, 0) is 14.3 Å². The molecule has 0 aromatic heterocycles. The van der Waals surface area contributed by atoms with E-state index < -0.39 is 42.1 Å². The maximum Gasteiger partial charge on any atom is 0.408 e. The van der Waals surface area contributed by atoms with Gasteiger partial charge < -0.3 is 25.4 Å². The molecule has 0 radical (unpaired) electrons. The Morgan fingerprint density at radius 1 is 1.18 bits per heavy atom. The minimum absolute atomic E-state index is 0.121. The average Bonchev–Trinajstić information content (AvgIpc) is 2.82. The van der Waals surface area contributed by atoms with Crippen molar-refractivity contribution < 1.29 is 24.2 Å². The van der Waals surface area contributed by atoms with E-state index in [1.807, 2.05) is 13.0 Å². The first kappa shape index (κ1) is 30.5. The first-order valence-corrected chi connectivity index (χ1v) is 12.7. The van der Waals surface area contributed by atoms with Gasteiger partial charge in [-0.2, -0.15) is 5.26 Å². The number of aryl methyl sites for hydroxylation is 1. The topological polar surface area (TPSA) is 132 Å². The third kappa shape index (κ3) is 8.12. The molecule has 3 unspecified atom stereocenters. The number of anilines is 1. The van der Waals surface area contributed by atoms with Gasteiger partial charge in [-0.3, -0.25) is 9.59 Å². The van der Waals surface area contributed by atoms with Crippen LogP contribution in [-0.4, -0.2) is 46.1 Å². The van der Waals surface area contributed by atoms with Crippen LogP contribution in [0.15, 0.2) is 42.5 Å². The number of carbonyl (C=O) groups excluding carboxylic acids is 3. The minimum Gasteiger partial charge on any atom is -0.508 e. The van der Waals surface area contributed by atoms with Crippen LogP contribution in [0.5, 0.6) is 5.75 Å². The second kappa shape index (κ2) is 13.2. The average molecular weight is 543 g/mol. The molecule has 0 saturated carbocycles. The van der Waals surface area contributed by atoms with Crippen LogP contribution in [0.1, 0.15) is 58.2 Å². The van der Waals surface area contributed by atoms with E-state index in [1.54, 1.807) is 58.9 Å². The number of hydrogen-bond acceptors (Lipinski definition) is 6. The first-order valence-electron chi connectivity index (χ1n) is 12.3. The summed E-state index contributed by atoms with van der Waals surface area (Å²) in [5.41, 5.74) is 0.536. The highest BCUT2D eigenvalue weighted by Gasteiger charge is 2.38. The second-order valence-electron chi connectivity index (χ2n) is 10.1. The highest BCUT2D eigenvalue weighted by molar-refractivity contribution is 6.34. The monoisotopic (exact) mass is 542 g/mol. The molecule has 10 heteroatoms. The van der Waals surface area contributed by atoms with Gasteiger partial charge in [-0.15, -0.1) is 0 Å². The van der Waals surface area contributed by atoms with Crippen LogP contribution >= 0.6 is 11.6 Å². The van der Waals surface area contributed by atoms with Crippen molar-refractivity contribution in [3.05, 3.63) is 58.6 Å². The van der Waals surface area contributed by atoms with Crippen LogP contribution < -0.4 is 10.6 Å². The van der Waals surface area contributed by atoms with Gasteiger partial charge in [0.15, 0.2) is 0 Å². The molecular formula is C28H35ClN4O5. The van der Waals surface area contributed by atoms with Crippen molar-refractivity contribution in [2.75, 3.05) is 11.9 Å². The van der Waals surface area contributed by atoms with E-state index in [2.05, 4.69) is 10.6 Å². The third-order valence-corrected chi connectivity index (χ3v) is 6.21. The number of rotatable bonds is 9. The van der Waals surface area contributed by atoms with Crippen molar-refractivity contribution in [1.82, 2.24) is 10.2 Å². The van der Waals surface area contributed by atoms with Crippen molar-refractivity contribution in [3.63, 3.8) is 0 Å². The number of nitriles is 1. The number of nitrogens with one attached hydrogen (secondary N) is 2. The molecule has 0 spiro atoms. The molecule has 0 fully saturated rings. The zero-order valence-electron chi connectivity index (χ0n) is 22.5. The standard InChI is InChI=1S/C28H35ClN4O5/c1-7-17(2)23(32-27(37)38-28(4,5)6)26(36)33(15-14-30)24(19-11-9-12-20(34)16-19)25(35)31-22-18(3)10-8-13-21(22)29/h8-13,16-17,23-24,34H,7,15H2,1-6H3,(H,31,35)(H,32,37). The van der Waals surface area contributed by atoms with Crippen LogP contribution in [0.4, 0.5) is 10.5 Å². The Hall–Kier alpha value is -3.77. The quantitative estimate of drug-likeness (QED) is 0.367. The fraction of sp³-hybridized carbons (Fsp3) is 0.429. The maximum absolute atomic E-state index is 14.0. The molecule has 0 saturated heterocycles. The number of nitrogens with zero attached hydrogens (tertiary/aromatic N) is 2. The van der Waals surface area contributed by atoms with Crippen LogP contribution in [0.25, 0.3) is 0 Å². The van der Waals surface area contributed by atoms with Gasteiger partial charge in [0.25, 0.3) is 5.91 Å². The number of benzene rings is 2. The summed E-state index contributed by atoms with van der Waals surface area (Å²) in [5.74, 6) is -1.76. The lowest BCUT2D eigenvalue weighted by Gasteiger charge is -2.34. The molecule has 3 amide bonds. The Morgan fingerprint density at radius 3 is 2.39 bits per heavy atom. The largest absolute Gasteiger partial charge is 0.508 e. The Kier molecular flexibility index (Phi) is 10.5. The summed E-state index contributed by atoms with van der Waals surface area (Å²) in [6.07, 6.45) is -0.271. The molecule has 3 atom stereocenters. The van der Waals surface area contributed by atoms with Crippen molar-refractivity contribution in [2.24, 2.45) is 5.92 Å². The lowest BCUT2D eigenvalue weighted by Crippen LogP contribution is -2.54.